The van der Waals surface area contributed by atoms with E-state index in [1.807, 2.05) is 38.1 Å². The molecular formula is C24H28N2O3. The largest absolute Gasteiger partial charge is 0.324 e. The number of anilines is 1. The number of nitrogens with zero attached hydrogens (tertiary/aromatic N) is 1. The number of imide groups is 1. The van der Waals surface area contributed by atoms with Crippen LogP contribution in [-0.4, -0.2) is 28.7 Å². The third-order valence-corrected chi connectivity index (χ3v) is 5.17. The second kappa shape index (κ2) is 9.03. The van der Waals surface area contributed by atoms with Crippen molar-refractivity contribution in [1.29, 1.82) is 0 Å². The maximum atomic E-state index is 13.1. The molecule has 5 nitrogen and oxygen atoms in total. The number of rotatable bonds is 8. The van der Waals surface area contributed by atoms with Crippen LogP contribution in [-0.2, 0) is 11.2 Å². The molecule has 1 aliphatic heterocycles. The first-order chi connectivity index (χ1) is 13.9. The van der Waals surface area contributed by atoms with Crippen molar-refractivity contribution in [3.05, 3.63) is 65.2 Å². The molecule has 0 spiro atoms. The second-order valence-corrected chi connectivity index (χ2v) is 7.96. The van der Waals surface area contributed by atoms with Gasteiger partial charge < -0.3 is 5.32 Å². The van der Waals surface area contributed by atoms with Crippen molar-refractivity contribution in [3.8, 4) is 0 Å². The van der Waals surface area contributed by atoms with Gasteiger partial charge in [0.15, 0.2) is 0 Å². The molecule has 0 aromatic heterocycles. The lowest BCUT2D eigenvalue weighted by Gasteiger charge is -2.26. The smallest absolute Gasteiger partial charge is 0.262 e. The minimum atomic E-state index is -0.845. The highest BCUT2D eigenvalue weighted by molar-refractivity contribution is 6.23. The van der Waals surface area contributed by atoms with E-state index in [4.69, 9.17) is 0 Å². The molecule has 5 heteroatoms. The monoisotopic (exact) mass is 392 g/mol. The van der Waals surface area contributed by atoms with Gasteiger partial charge in [-0.1, -0.05) is 51.5 Å². The molecule has 1 aliphatic rings. The molecule has 0 radical (unpaired) electrons. The van der Waals surface area contributed by atoms with Gasteiger partial charge in [-0.2, -0.15) is 0 Å². The molecular weight excluding hydrogens is 364 g/mol. The maximum absolute atomic E-state index is 13.1. The second-order valence-electron chi connectivity index (χ2n) is 7.96. The first-order valence-corrected chi connectivity index (χ1v) is 10.3. The SMILES string of the molecule is CCCCc1ccc(NC(=O)C(CC(C)C)N2C(=O)c3ccccc3C2=O)cc1. The Labute approximate surface area is 172 Å². The topological polar surface area (TPSA) is 66.5 Å². The van der Waals surface area contributed by atoms with Gasteiger partial charge in [-0.05, 0) is 55.0 Å². The van der Waals surface area contributed by atoms with E-state index in [2.05, 4.69) is 12.2 Å². The number of unbranched alkanes of at least 4 members (excludes halogenated alkanes) is 1. The van der Waals surface area contributed by atoms with Crippen molar-refractivity contribution in [1.82, 2.24) is 4.90 Å². The molecule has 0 aliphatic carbocycles. The van der Waals surface area contributed by atoms with Crippen LogP contribution in [0.2, 0.25) is 0 Å². The maximum Gasteiger partial charge on any atom is 0.262 e. The minimum Gasteiger partial charge on any atom is -0.324 e. The number of nitrogens with one attached hydrogen (secondary N) is 1. The number of amides is 3. The molecule has 3 amide bonds. The number of benzene rings is 2. The molecule has 1 atom stereocenters. The Morgan fingerprint density at radius 1 is 0.966 bits per heavy atom. The fourth-order valence-corrected chi connectivity index (χ4v) is 3.63. The number of hydrogen-bond acceptors (Lipinski definition) is 3. The number of aryl methyl sites for hydroxylation is 1. The Bertz CT molecular complexity index is 868. The molecule has 29 heavy (non-hydrogen) atoms. The van der Waals surface area contributed by atoms with Crippen LogP contribution in [0.4, 0.5) is 5.69 Å². The van der Waals surface area contributed by atoms with Crippen molar-refractivity contribution in [2.75, 3.05) is 5.32 Å². The van der Waals surface area contributed by atoms with Gasteiger partial charge in [-0.25, -0.2) is 0 Å². The van der Waals surface area contributed by atoms with E-state index in [0.717, 1.165) is 24.2 Å². The Balaban J connectivity index is 1.79. The molecule has 0 saturated carbocycles. The normalized spacial score (nSPS) is 14.3. The van der Waals surface area contributed by atoms with Gasteiger partial charge in [0.05, 0.1) is 11.1 Å². The Hall–Kier alpha value is -2.95. The van der Waals surface area contributed by atoms with Crippen molar-refractivity contribution in [2.24, 2.45) is 5.92 Å². The van der Waals surface area contributed by atoms with Crippen LogP contribution in [0.3, 0.4) is 0 Å². The number of hydrogen-bond donors (Lipinski definition) is 1. The van der Waals surface area contributed by atoms with Crippen LogP contribution < -0.4 is 5.32 Å². The van der Waals surface area contributed by atoms with E-state index in [0.29, 0.717) is 23.2 Å². The van der Waals surface area contributed by atoms with Gasteiger partial charge in [0.2, 0.25) is 5.91 Å². The lowest BCUT2D eigenvalue weighted by Crippen LogP contribution is -2.47. The molecule has 1 N–H and O–H groups in total. The highest BCUT2D eigenvalue weighted by Gasteiger charge is 2.42. The van der Waals surface area contributed by atoms with Crippen molar-refractivity contribution >= 4 is 23.4 Å². The average molecular weight is 392 g/mol. The Kier molecular flexibility index (Phi) is 6.47. The lowest BCUT2D eigenvalue weighted by atomic mass is 10.0. The van der Waals surface area contributed by atoms with Crippen LogP contribution in [0.25, 0.3) is 0 Å². The Morgan fingerprint density at radius 3 is 2.07 bits per heavy atom. The summed E-state index contributed by atoms with van der Waals surface area (Å²) >= 11 is 0. The first kappa shape index (κ1) is 20.8. The average Bonchev–Trinajstić information content (AvgIpc) is 2.96. The van der Waals surface area contributed by atoms with Crippen molar-refractivity contribution in [3.63, 3.8) is 0 Å². The molecule has 2 aromatic rings. The number of carbonyl (C=O) groups excluding carboxylic acids is 3. The van der Waals surface area contributed by atoms with E-state index < -0.39 is 17.9 Å². The van der Waals surface area contributed by atoms with Crippen molar-refractivity contribution < 1.29 is 14.4 Å². The van der Waals surface area contributed by atoms with Crippen LogP contribution in [0.5, 0.6) is 0 Å². The van der Waals surface area contributed by atoms with Gasteiger partial charge in [-0.3, -0.25) is 19.3 Å². The van der Waals surface area contributed by atoms with E-state index in [-0.39, 0.29) is 11.8 Å². The van der Waals surface area contributed by atoms with E-state index >= 15 is 0 Å². The van der Waals surface area contributed by atoms with Crippen LogP contribution in [0, 0.1) is 5.92 Å². The third kappa shape index (κ3) is 4.56. The minimum absolute atomic E-state index is 0.145. The van der Waals surface area contributed by atoms with Crippen LogP contribution in [0.1, 0.15) is 66.3 Å². The standard InChI is InChI=1S/C24H28N2O3/c1-4-5-8-17-11-13-18(14-12-17)25-22(27)21(15-16(2)3)26-23(28)19-9-6-7-10-20(19)24(26)29/h6-7,9-14,16,21H,4-5,8,15H2,1-3H3,(H,25,27). The third-order valence-electron chi connectivity index (χ3n) is 5.17. The molecule has 0 fully saturated rings. The molecule has 152 valence electrons. The molecule has 2 aromatic carbocycles. The Morgan fingerprint density at radius 2 is 1.55 bits per heavy atom. The van der Waals surface area contributed by atoms with E-state index in [1.54, 1.807) is 24.3 Å². The zero-order valence-electron chi connectivity index (χ0n) is 17.3. The van der Waals surface area contributed by atoms with Crippen molar-refractivity contribution in [2.45, 2.75) is 52.5 Å². The quantitative estimate of drug-likeness (QED) is 0.664. The van der Waals surface area contributed by atoms with Gasteiger partial charge in [0.25, 0.3) is 11.8 Å². The first-order valence-electron chi connectivity index (χ1n) is 10.3. The summed E-state index contributed by atoms with van der Waals surface area (Å²) in [6.45, 7) is 6.10. The van der Waals surface area contributed by atoms with Gasteiger partial charge in [-0.15, -0.1) is 0 Å². The summed E-state index contributed by atoms with van der Waals surface area (Å²) in [5.41, 5.74) is 2.61. The summed E-state index contributed by atoms with van der Waals surface area (Å²) in [5, 5.41) is 2.89. The fraction of sp³-hybridized carbons (Fsp3) is 0.375. The lowest BCUT2D eigenvalue weighted by molar-refractivity contribution is -0.120. The summed E-state index contributed by atoms with van der Waals surface area (Å²) in [5.74, 6) is -0.997. The predicted molar refractivity (Wildman–Crippen MR) is 114 cm³/mol. The predicted octanol–water partition coefficient (Wildman–Crippen LogP) is 4.68. The van der Waals surface area contributed by atoms with Gasteiger partial charge in [0, 0.05) is 5.69 Å². The van der Waals surface area contributed by atoms with Gasteiger partial charge >= 0.3 is 0 Å². The number of fused-ring (bicyclic) bond motifs is 1. The molecule has 1 heterocycles. The highest BCUT2D eigenvalue weighted by Crippen LogP contribution is 2.27. The van der Waals surface area contributed by atoms with Crippen LogP contribution in [0.15, 0.2) is 48.5 Å². The van der Waals surface area contributed by atoms with E-state index in [9.17, 15) is 14.4 Å². The van der Waals surface area contributed by atoms with Gasteiger partial charge in [0.1, 0.15) is 6.04 Å². The zero-order chi connectivity index (χ0) is 21.0. The summed E-state index contributed by atoms with van der Waals surface area (Å²) in [6.07, 6.45) is 3.68. The van der Waals surface area contributed by atoms with Crippen LogP contribution >= 0.6 is 0 Å². The molecule has 1 unspecified atom stereocenters. The molecule has 0 bridgehead atoms. The number of carbonyl (C=O) groups is 3. The van der Waals surface area contributed by atoms with E-state index in [1.165, 1.54) is 5.56 Å². The fourth-order valence-electron chi connectivity index (χ4n) is 3.63. The summed E-state index contributed by atoms with van der Waals surface area (Å²) in [6, 6.07) is 13.6. The highest BCUT2D eigenvalue weighted by atomic mass is 16.2. The summed E-state index contributed by atoms with van der Waals surface area (Å²) in [4.78, 5) is 39.9. The zero-order valence-corrected chi connectivity index (χ0v) is 17.3. The molecule has 3 rings (SSSR count). The summed E-state index contributed by atoms with van der Waals surface area (Å²) in [7, 11) is 0. The summed E-state index contributed by atoms with van der Waals surface area (Å²) < 4.78 is 0. The molecule has 0 saturated heterocycles.